The molecule has 3 aliphatic rings. The number of aryl methyl sites for hydroxylation is 1. The summed E-state index contributed by atoms with van der Waals surface area (Å²) in [7, 11) is 1.87. The maximum absolute atomic E-state index is 5.99. The van der Waals surface area contributed by atoms with Crippen molar-refractivity contribution in [3.63, 3.8) is 0 Å². The Hall–Kier alpha value is -0.340. The lowest BCUT2D eigenvalue weighted by Gasteiger charge is -2.63. The van der Waals surface area contributed by atoms with Crippen molar-refractivity contribution in [2.24, 2.45) is 16.3 Å². The lowest BCUT2D eigenvalue weighted by molar-refractivity contribution is -0.171. The number of guanidine groups is 1. The molecule has 3 fully saturated rings. The minimum absolute atomic E-state index is 0. The van der Waals surface area contributed by atoms with Crippen LogP contribution in [0.4, 0.5) is 0 Å². The minimum atomic E-state index is 0. The third-order valence-corrected chi connectivity index (χ3v) is 6.96. The smallest absolute Gasteiger partial charge is 0.191 e. The Morgan fingerprint density at radius 3 is 2.91 bits per heavy atom. The van der Waals surface area contributed by atoms with Gasteiger partial charge in [0, 0.05) is 35.9 Å². The van der Waals surface area contributed by atoms with Gasteiger partial charge in [0.1, 0.15) is 0 Å². The van der Waals surface area contributed by atoms with Crippen LogP contribution in [0, 0.1) is 18.3 Å². The largest absolute Gasteiger partial charge is 0.377 e. The second-order valence-electron chi connectivity index (χ2n) is 6.91. The van der Waals surface area contributed by atoms with Gasteiger partial charge < -0.3 is 15.4 Å². The molecule has 2 N–H and O–H groups in total. The van der Waals surface area contributed by atoms with Crippen molar-refractivity contribution in [3.8, 4) is 0 Å². The molecule has 0 bridgehead atoms. The molecule has 1 aromatic heterocycles. The molecule has 2 aliphatic carbocycles. The van der Waals surface area contributed by atoms with Gasteiger partial charge in [-0.3, -0.25) is 4.99 Å². The van der Waals surface area contributed by atoms with E-state index in [0.29, 0.717) is 23.5 Å². The highest BCUT2D eigenvalue weighted by atomic mass is 127. The Balaban J connectivity index is 0.00000156. The maximum atomic E-state index is 5.99. The van der Waals surface area contributed by atoms with E-state index in [1.54, 1.807) is 11.3 Å². The van der Waals surface area contributed by atoms with Gasteiger partial charge in [0.05, 0.1) is 12.6 Å². The Bertz CT molecular complexity index is 584. The molecule has 23 heavy (non-hydrogen) atoms. The maximum Gasteiger partial charge on any atom is 0.191 e. The van der Waals surface area contributed by atoms with Gasteiger partial charge in [-0.25, -0.2) is 0 Å². The van der Waals surface area contributed by atoms with Crippen molar-refractivity contribution < 1.29 is 4.74 Å². The van der Waals surface area contributed by atoms with Crippen molar-refractivity contribution in [1.82, 2.24) is 10.6 Å². The van der Waals surface area contributed by atoms with Gasteiger partial charge in [-0.15, -0.1) is 35.3 Å². The van der Waals surface area contributed by atoms with Crippen molar-refractivity contribution in [2.45, 2.75) is 51.3 Å². The van der Waals surface area contributed by atoms with Crippen molar-refractivity contribution in [2.75, 3.05) is 13.7 Å². The van der Waals surface area contributed by atoms with Gasteiger partial charge >= 0.3 is 0 Å². The number of hydrogen-bond acceptors (Lipinski definition) is 3. The molecule has 128 valence electrons. The normalized spacial score (nSPS) is 30.9. The first kappa shape index (κ1) is 17.5. The van der Waals surface area contributed by atoms with Crippen LogP contribution >= 0.6 is 35.3 Å². The number of nitrogens with one attached hydrogen (secondary N) is 2. The van der Waals surface area contributed by atoms with Gasteiger partial charge in [0.25, 0.3) is 0 Å². The van der Waals surface area contributed by atoms with Crippen LogP contribution in [-0.4, -0.2) is 31.8 Å². The first-order chi connectivity index (χ1) is 10.7. The predicted octanol–water partition coefficient (Wildman–Crippen LogP) is 3.30. The van der Waals surface area contributed by atoms with Crippen LogP contribution in [0.25, 0.3) is 0 Å². The topological polar surface area (TPSA) is 45.7 Å². The van der Waals surface area contributed by atoms with Crippen LogP contribution in [0.15, 0.2) is 16.4 Å². The van der Waals surface area contributed by atoms with E-state index < -0.39 is 0 Å². The quantitative estimate of drug-likeness (QED) is 0.425. The van der Waals surface area contributed by atoms with Crippen molar-refractivity contribution in [3.05, 3.63) is 21.9 Å². The number of hydrogen-bond donors (Lipinski definition) is 2. The lowest BCUT2D eigenvalue weighted by Crippen LogP contribution is -2.72. The Kier molecular flexibility index (Phi) is 5.23. The highest BCUT2D eigenvalue weighted by Gasteiger charge is 2.66. The first-order valence-corrected chi connectivity index (χ1v) is 9.24. The standard InChI is InChI=1S/C17H25N3OS.HI/c1-11-5-9-22-13(11)10-19-16(18-2)20-14-12-4-8-21-15(12)17(14)6-3-7-17;/h5,9,12,14-15H,3-4,6-8,10H2,1-2H3,(H2,18,19,20);1H. The highest BCUT2D eigenvalue weighted by Crippen LogP contribution is 2.62. The molecule has 1 aromatic rings. The molecule has 4 nitrogen and oxygen atoms in total. The molecule has 4 rings (SSSR count). The summed E-state index contributed by atoms with van der Waals surface area (Å²) < 4.78 is 5.99. The van der Waals surface area contributed by atoms with E-state index >= 15 is 0 Å². The minimum Gasteiger partial charge on any atom is -0.377 e. The average molecular weight is 447 g/mol. The number of halogens is 1. The molecule has 3 unspecified atom stereocenters. The molecule has 0 aromatic carbocycles. The lowest BCUT2D eigenvalue weighted by atomic mass is 9.46. The fraction of sp³-hybridized carbons (Fsp3) is 0.706. The summed E-state index contributed by atoms with van der Waals surface area (Å²) in [5, 5.41) is 9.35. The molecule has 2 saturated carbocycles. The number of ether oxygens (including phenoxy) is 1. The van der Waals surface area contributed by atoms with Gasteiger partial charge in [-0.05, 0) is 43.2 Å². The predicted molar refractivity (Wildman–Crippen MR) is 106 cm³/mol. The second kappa shape index (κ2) is 6.88. The molecular weight excluding hydrogens is 421 g/mol. The number of aliphatic imine (C=N–C) groups is 1. The van der Waals surface area contributed by atoms with Crippen molar-refractivity contribution in [1.29, 1.82) is 0 Å². The van der Waals surface area contributed by atoms with Gasteiger partial charge in [0.2, 0.25) is 0 Å². The summed E-state index contributed by atoms with van der Waals surface area (Å²) in [5.74, 6) is 1.62. The Morgan fingerprint density at radius 2 is 2.30 bits per heavy atom. The zero-order valence-electron chi connectivity index (χ0n) is 13.8. The molecule has 1 aliphatic heterocycles. The average Bonchev–Trinajstić information content (AvgIpc) is 3.05. The molecule has 1 saturated heterocycles. The summed E-state index contributed by atoms with van der Waals surface area (Å²) in [6, 6.07) is 2.72. The molecule has 3 atom stereocenters. The third-order valence-electron chi connectivity index (χ3n) is 5.94. The number of fused-ring (bicyclic) bond motifs is 2. The zero-order valence-corrected chi connectivity index (χ0v) is 16.9. The number of nitrogens with zero attached hydrogens (tertiary/aromatic N) is 1. The second-order valence-corrected chi connectivity index (χ2v) is 7.91. The third kappa shape index (κ3) is 2.80. The van der Waals surface area contributed by atoms with Crippen LogP contribution in [0.5, 0.6) is 0 Å². The summed E-state index contributed by atoms with van der Waals surface area (Å²) in [4.78, 5) is 5.82. The molecule has 2 heterocycles. The highest BCUT2D eigenvalue weighted by molar-refractivity contribution is 14.0. The molecular formula is C17H26IN3OS. The zero-order chi connectivity index (χ0) is 15.2. The first-order valence-electron chi connectivity index (χ1n) is 8.36. The molecule has 1 spiro atoms. The van der Waals surface area contributed by atoms with Crippen LogP contribution < -0.4 is 10.6 Å². The van der Waals surface area contributed by atoms with E-state index in [4.69, 9.17) is 4.74 Å². The number of rotatable bonds is 3. The van der Waals surface area contributed by atoms with Gasteiger partial charge in [-0.2, -0.15) is 0 Å². The van der Waals surface area contributed by atoms with E-state index in [-0.39, 0.29) is 24.0 Å². The van der Waals surface area contributed by atoms with Crippen LogP contribution in [0.3, 0.4) is 0 Å². The van der Waals surface area contributed by atoms with Crippen LogP contribution in [0.2, 0.25) is 0 Å². The summed E-state index contributed by atoms with van der Waals surface area (Å²) in [5.41, 5.74) is 1.76. The fourth-order valence-corrected chi connectivity index (χ4v) is 5.39. The van der Waals surface area contributed by atoms with E-state index in [2.05, 4.69) is 34.0 Å². The Morgan fingerprint density at radius 1 is 1.48 bits per heavy atom. The SMILES string of the molecule is CN=C(NCc1sccc1C)NC1C2CCOC2C12CCC2.I. The van der Waals surface area contributed by atoms with Gasteiger partial charge in [0.15, 0.2) is 5.96 Å². The van der Waals surface area contributed by atoms with Gasteiger partial charge in [-0.1, -0.05) is 6.42 Å². The molecule has 6 heteroatoms. The molecule has 0 amide bonds. The van der Waals surface area contributed by atoms with E-state index in [0.717, 1.165) is 19.1 Å². The van der Waals surface area contributed by atoms with E-state index in [9.17, 15) is 0 Å². The summed E-state index contributed by atoms with van der Waals surface area (Å²) in [6.07, 6.45) is 5.69. The van der Waals surface area contributed by atoms with Crippen LogP contribution in [0.1, 0.15) is 36.1 Å². The van der Waals surface area contributed by atoms with E-state index in [1.165, 1.54) is 36.1 Å². The number of thiophene rings is 1. The Labute approximate surface area is 159 Å². The molecule has 0 radical (unpaired) electrons. The summed E-state index contributed by atoms with van der Waals surface area (Å²) in [6.45, 7) is 3.96. The monoisotopic (exact) mass is 447 g/mol. The van der Waals surface area contributed by atoms with E-state index in [1.807, 2.05) is 7.05 Å². The fourth-order valence-electron chi connectivity index (χ4n) is 4.55. The van der Waals surface area contributed by atoms with Crippen molar-refractivity contribution >= 4 is 41.3 Å². The van der Waals surface area contributed by atoms with Crippen LogP contribution in [-0.2, 0) is 11.3 Å². The summed E-state index contributed by atoms with van der Waals surface area (Å²) >= 11 is 1.81.